The molecule has 6 unspecified atom stereocenters. The van der Waals surface area contributed by atoms with Gasteiger partial charge in [0.2, 0.25) is 17.4 Å². The molecule has 3 heterocycles. The van der Waals surface area contributed by atoms with E-state index in [2.05, 4.69) is 0 Å². The van der Waals surface area contributed by atoms with Gasteiger partial charge in [0.25, 0.3) is 0 Å². The molecule has 0 aromatic carbocycles. The van der Waals surface area contributed by atoms with Crippen molar-refractivity contribution in [1.29, 1.82) is 0 Å². The van der Waals surface area contributed by atoms with Gasteiger partial charge in [-0.25, -0.2) is 0 Å². The summed E-state index contributed by atoms with van der Waals surface area (Å²) in [4.78, 5) is 0. The Hall–Kier alpha value is -0.640. The molecule has 0 spiro atoms. The maximum Gasteiger partial charge on any atom is 0.222 e. The minimum atomic E-state index is -2.61. The first-order valence-corrected chi connectivity index (χ1v) is 10.5. The number of hydrogen-bond acceptors (Lipinski definition) is 16. The summed E-state index contributed by atoms with van der Waals surface area (Å²) in [6.45, 7) is -5.33. The fourth-order valence-electron chi connectivity index (χ4n) is 4.17. The fourth-order valence-corrected chi connectivity index (χ4v) is 4.17. The number of ether oxygens (including phenoxy) is 5. The first-order valence-electron chi connectivity index (χ1n) is 10.5. The lowest BCUT2D eigenvalue weighted by atomic mass is 10.0. The molecule has 3 aliphatic rings. The van der Waals surface area contributed by atoms with E-state index < -0.39 is 112 Å². The van der Waals surface area contributed by atoms with Crippen LogP contribution in [0.25, 0.3) is 0 Å². The first kappa shape index (κ1) is 27.9. The minimum Gasteiger partial charge on any atom is -0.394 e. The van der Waals surface area contributed by atoms with Gasteiger partial charge < -0.3 is 79.9 Å². The molecule has 3 aliphatic heterocycles. The maximum absolute atomic E-state index is 10.6. The van der Waals surface area contributed by atoms with Crippen molar-refractivity contribution in [3.8, 4) is 0 Å². The Balaban J connectivity index is 1.82. The Morgan fingerprint density at radius 3 is 1.41 bits per heavy atom. The molecular formula is C18H32O16. The highest BCUT2D eigenvalue weighted by Gasteiger charge is 2.62. The molecule has 0 radical (unpaired) electrons. The summed E-state index contributed by atoms with van der Waals surface area (Å²) >= 11 is 0. The molecular weight excluding hydrogens is 472 g/mol. The Kier molecular flexibility index (Phi) is 8.53. The van der Waals surface area contributed by atoms with Crippen molar-refractivity contribution in [2.24, 2.45) is 0 Å². The smallest absolute Gasteiger partial charge is 0.222 e. The quantitative estimate of drug-likeness (QED) is 0.132. The Bertz CT molecular complexity index is 684. The molecule has 0 aromatic rings. The predicted octanol–water partition coefficient (Wildman–Crippen LogP) is -7.57. The number of rotatable bonds is 10. The lowest BCUT2D eigenvalue weighted by Crippen LogP contribution is -2.57. The van der Waals surface area contributed by atoms with Crippen LogP contribution in [0.4, 0.5) is 0 Å². The molecule has 16 heteroatoms. The van der Waals surface area contributed by atoms with Crippen LogP contribution in [0.5, 0.6) is 0 Å². The maximum atomic E-state index is 10.6. The third kappa shape index (κ3) is 4.59. The van der Waals surface area contributed by atoms with Crippen LogP contribution >= 0.6 is 0 Å². The average Bonchev–Trinajstić information content (AvgIpc) is 3.33. The lowest BCUT2D eigenvalue weighted by molar-refractivity contribution is -0.359. The van der Waals surface area contributed by atoms with Gasteiger partial charge in [-0.05, 0) is 0 Å². The van der Waals surface area contributed by atoms with E-state index in [0.717, 1.165) is 0 Å². The van der Waals surface area contributed by atoms with E-state index in [4.69, 9.17) is 23.7 Å². The molecule has 16 nitrogen and oxygen atoms in total. The summed E-state index contributed by atoms with van der Waals surface area (Å²) in [5, 5.41) is 109. The number of aliphatic hydroxyl groups excluding tert-OH is 10. The first-order chi connectivity index (χ1) is 15.9. The highest BCUT2D eigenvalue weighted by Crippen LogP contribution is 2.39. The van der Waals surface area contributed by atoms with Crippen molar-refractivity contribution in [3.63, 3.8) is 0 Å². The van der Waals surface area contributed by atoms with Crippen LogP contribution < -0.4 is 0 Å². The van der Waals surface area contributed by atoms with E-state index in [1.54, 1.807) is 0 Å². The lowest BCUT2D eigenvalue weighted by Gasteiger charge is -2.38. The second kappa shape index (κ2) is 10.4. The zero-order chi connectivity index (χ0) is 25.5. The zero-order valence-corrected chi connectivity index (χ0v) is 17.9. The van der Waals surface area contributed by atoms with Crippen LogP contribution in [-0.2, 0) is 23.7 Å². The monoisotopic (exact) mass is 504 g/mol. The summed E-state index contributed by atoms with van der Waals surface area (Å²) in [5.41, 5.74) is 0. The van der Waals surface area contributed by atoms with Crippen molar-refractivity contribution in [1.82, 2.24) is 0 Å². The third-order valence-electron chi connectivity index (χ3n) is 6.34. The zero-order valence-electron chi connectivity index (χ0n) is 17.9. The van der Waals surface area contributed by atoms with Gasteiger partial charge in [-0.1, -0.05) is 0 Å². The van der Waals surface area contributed by atoms with E-state index >= 15 is 0 Å². The van der Waals surface area contributed by atoms with Gasteiger partial charge in [-0.15, -0.1) is 0 Å². The Morgan fingerprint density at radius 2 is 0.971 bits per heavy atom. The van der Waals surface area contributed by atoms with Crippen molar-refractivity contribution >= 4 is 0 Å². The van der Waals surface area contributed by atoms with Gasteiger partial charge in [0.1, 0.15) is 74.8 Å². The second-order valence-electron chi connectivity index (χ2n) is 8.53. The van der Waals surface area contributed by atoms with Crippen LogP contribution in [0.2, 0.25) is 0 Å². The van der Waals surface area contributed by atoms with Crippen LogP contribution in [0.3, 0.4) is 0 Å². The molecule has 34 heavy (non-hydrogen) atoms. The van der Waals surface area contributed by atoms with Gasteiger partial charge in [0.15, 0.2) is 0 Å². The van der Waals surface area contributed by atoms with Gasteiger partial charge in [0, 0.05) is 0 Å². The van der Waals surface area contributed by atoms with Crippen LogP contribution in [0, 0.1) is 0 Å². The second-order valence-corrected chi connectivity index (χ2v) is 8.53. The Labute approximate surface area is 192 Å². The van der Waals surface area contributed by atoms with Crippen molar-refractivity contribution in [2.75, 3.05) is 39.6 Å². The van der Waals surface area contributed by atoms with E-state index in [9.17, 15) is 56.2 Å². The Morgan fingerprint density at radius 1 is 0.559 bits per heavy atom. The molecule has 3 rings (SSSR count). The van der Waals surface area contributed by atoms with Crippen LogP contribution in [0.15, 0.2) is 0 Å². The van der Waals surface area contributed by atoms with Crippen molar-refractivity contribution in [2.45, 2.75) is 72.3 Å². The number of aliphatic hydroxyl groups is 11. The molecule has 3 saturated heterocycles. The number of hydrogen-bond donors (Lipinski definition) is 11. The summed E-state index contributed by atoms with van der Waals surface area (Å²) in [7, 11) is 0. The van der Waals surface area contributed by atoms with Crippen LogP contribution in [0.1, 0.15) is 0 Å². The van der Waals surface area contributed by atoms with Gasteiger partial charge >= 0.3 is 0 Å². The standard InChI is InChI=1S/C18H32O16/c19-1-7-10(23)13(26)16(29,32-7)5-30-18(15(28)12(25)9(3-21)34-18)6-31-17(4-22)14(27)11(24)8(2-20)33-17/h7-15,19-29H,1-6H2/t7-,8-,9-,10?,11?,12?,13?,14?,15?,16-,17-,18-/m1/s1. The summed E-state index contributed by atoms with van der Waals surface area (Å²) in [6, 6.07) is 0. The van der Waals surface area contributed by atoms with Crippen LogP contribution in [-0.4, -0.2) is 168 Å². The molecule has 12 atom stereocenters. The van der Waals surface area contributed by atoms with Gasteiger partial charge in [-0.2, -0.15) is 0 Å². The molecule has 11 N–H and O–H groups in total. The molecule has 0 bridgehead atoms. The van der Waals surface area contributed by atoms with E-state index in [0.29, 0.717) is 0 Å². The van der Waals surface area contributed by atoms with Gasteiger partial charge in [-0.3, -0.25) is 0 Å². The minimum absolute atomic E-state index is 0.744. The third-order valence-corrected chi connectivity index (χ3v) is 6.34. The SMILES string of the molecule is OC[C@H]1O[C@@](CO)(OC[C@@]2(OC[C@@]3(O)O[C@H](CO)C(O)C3O)O[C@H](CO)C(O)C2O)C(O)C1O. The summed E-state index contributed by atoms with van der Waals surface area (Å²) in [6.07, 6.45) is -15.1. The molecule has 0 aromatic heterocycles. The largest absolute Gasteiger partial charge is 0.394 e. The van der Waals surface area contributed by atoms with Crippen molar-refractivity contribution < 1.29 is 79.9 Å². The summed E-state index contributed by atoms with van der Waals surface area (Å²) < 4.78 is 26.6. The molecule has 0 aliphatic carbocycles. The predicted molar refractivity (Wildman–Crippen MR) is 101 cm³/mol. The highest BCUT2D eigenvalue weighted by atomic mass is 16.8. The summed E-state index contributed by atoms with van der Waals surface area (Å²) in [5.74, 6) is -7.37. The van der Waals surface area contributed by atoms with Gasteiger partial charge in [0.05, 0.1) is 19.8 Å². The topological polar surface area (TPSA) is 269 Å². The molecule has 200 valence electrons. The van der Waals surface area contributed by atoms with E-state index in [-0.39, 0.29) is 0 Å². The van der Waals surface area contributed by atoms with E-state index in [1.807, 2.05) is 0 Å². The average molecular weight is 504 g/mol. The normalized spacial score (nSPS) is 51.4. The molecule has 3 fully saturated rings. The highest BCUT2D eigenvalue weighted by molar-refractivity contribution is 5.02. The molecule has 0 amide bonds. The fraction of sp³-hybridized carbons (Fsp3) is 1.00. The van der Waals surface area contributed by atoms with E-state index in [1.165, 1.54) is 0 Å². The molecule has 0 saturated carbocycles. The van der Waals surface area contributed by atoms with Crippen molar-refractivity contribution in [3.05, 3.63) is 0 Å².